The molecule has 1 amide bonds. The van der Waals surface area contributed by atoms with Crippen LogP contribution in [-0.2, 0) is 11.4 Å². The number of rotatable bonds is 12. The summed E-state index contributed by atoms with van der Waals surface area (Å²) in [6.45, 7) is 2.08. The van der Waals surface area contributed by atoms with Crippen LogP contribution in [0.4, 0.5) is 21.6 Å². The summed E-state index contributed by atoms with van der Waals surface area (Å²) >= 11 is 7.82. The van der Waals surface area contributed by atoms with E-state index in [4.69, 9.17) is 27.2 Å². The molecule has 0 bridgehead atoms. The summed E-state index contributed by atoms with van der Waals surface area (Å²) < 4.78 is 19.1. The lowest BCUT2D eigenvalue weighted by Crippen LogP contribution is -2.29. The van der Waals surface area contributed by atoms with Crippen LogP contribution in [0.1, 0.15) is 12.5 Å². The van der Waals surface area contributed by atoms with Crippen LogP contribution >= 0.6 is 23.4 Å². The van der Waals surface area contributed by atoms with E-state index < -0.39 is 12.5 Å². The van der Waals surface area contributed by atoms with E-state index in [2.05, 4.69) is 20.6 Å². The maximum atomic E-state index is 13.3. The number of hydrogen-bond donors (Lipinski definition) is 4. The summed E-state index contributed by atoms with van der Waals surface area (Å²) in [5, 5.41) is 15.5. The van der Waals surface area contributed by atoms with Crippen LogP contribution in [0.2, 0.25) is 5.02 Å². The number of nitrogens with two attached hydrogens (primary N) is 1. The molecule has 3 aromatic rings. The molecular formula is C25H27ClFN5O3S. The summed E-state index contributed by atoms with van der Waals surface area (Å²) in [5.41, 5.74) is 8.04. The molecule has 1 unspecified atom stereocenters. The Morgan fingerprint density at radius 2 is 2.14 bits per heavy atom. The van der Waals surface area contributed by atoms with Gasteiger partial charge >= 0.3 is 0 Å². The summed E-state index contributed by atoms with van der Waals surface area (Å²) in [5.74, 6) is 0.938. The lowest BCUT2D eigenvalue weighted by molar-refractivity contribution is -0.123. The first-order valence-corrected chi connectivity index (χ1v) is 12.4. The number of thioether (sulfide) groups is 1. The van der Waals surface area contributed by atoms with Gasteiger partial charge in [-0.25, -0.2) is 14.4 Å². The fraction of sp³-hybridized carbons (Fsp3) is 0.240. The molecular weight excluding hydrogens is 505 g/mol. The molecule has 3 rings (SSSR count). The van der Waals surface area contributed by atoms with E-state index in [0.29, 0.717) is 50.9 Å². The van der Waals surface area contributed by atoms with Crippen molar-refractivity contribution in [1.82, 2.24) is 15.3 Å². The van der Waals surface area contributed by atoms with Crippen molar-refractivity contribution in [2.45, 2.75) is 18.6 Å². The molecule has 0 aliphatic rings. The van der Waals surface area contributed by atoms with E-state index in [0.717, 1.165) is 0 Å². The van der Waals surface area contributed by atoms with Gasteiger partial charge in [-0.05, 0) is 41.8 Å². The van der Waals surface area contributed by atoms with Crippen molar-refractivity contribution in [1.29, 1.82) is 0 Å². The third kappa shape index (κ3) is 8.40. The van der Waals surface area contributed by atoms with Crippen molar-refractivity contribution < 1.29 is 19.0 Å². The number of nitrogen functional groups attached to an aromatic ring is 1. The fourth-order valence-electron chi connectivity index (χ4n) is 3.03. The summed E-state index contributed by atoms with van der Waals surface area (Å²) in [6, 6.07) is 11.4. The standard InChI is InChI=1S/C25H27ClFN5O3S/c1-16(12-29-22(34)13-33)4-3-9-36-25-23(28)24(30-15-31-25)32-19-7-8-21(20(26)11-19)35-14-17-5-2-6-18(27)10-17/h2-8,10-11,15-16,33H,9,12-14,28H2,1H3,(H,29,34)(H,30,31,32)/b4-3+. The molecule has 0 aliphatic carbocycles. The van der Waals surface area contributed by atoms with Crippen LogP contribution in [0.15, 0.2) is 66.0 Å². The first-order valence-electron chi connectivity index (χ1n) is 11.1. The molecule has 0 spiro atoms. The Kier molecular flexibility index (Phi) is 10.3. The zero-order chi connectivity index (χ0) is 25.9. The third-order valence-electron chi connectivity index (χ3n) is 4.87. The second kappa shape index (κ2) is 13.7. The zero-order valence-electron chi connectivity index (χ0n) is 19.6. The van der Waals surface area contributed by atoms with Crippen LogP contribution < -0.4 is 21.1 Å². The Hall–Kier alpha value is -3.34. The van der Waals surface area contributed by atoms with Crippen LogP contribution in [0, 0.1) is 11.7 Å². The maximum Gasteiger partial charge on any atom is 0.245 e. The van der Waals surface area contributed by atoms with Crippen molar-refractivity contribution in [3.05, 3.63) is 77.3 Å². The maximum absolute atomic E-state index is 13.3. The number of aliphatic hydroxyl groups excluding tert-OH is 1. The molecule has 0 saturated heterocycles. The number of anilines is 3. The molecule has 5 N–H and O–H groups in total. The average Bonchev–Trinajstić information content (AvgIpc) is 2.86. The first-order chi connectivity index (χ1) is 17.4. The predicted octanol–water partition coefficient (Wildman–Crippen LogP) is 4.57. The summed E-state index contributed by atoms with van der Waals surface area (Å²) in [4.78, 5) is 19.6. The van der Waals surface area contributed by atoms with E-state index >= 15 is 0 Å². The number of hydrogen-bond acceptors (Lipinski definition) is 8. The highest BCUT2D eigenvalue weighted by atomic mass is 35.5. The van der Waals surface area contributed by atoms with Crippen molar-refractivity contribution in [2.75, 3.05) is 30.0 Å². The Morgan fingerprint density at radius 3 is 2.89 bits per heavy atom. The van der Waals surface area contributed by atoms with Gasteiger partial charge in [0.2, 0.25) is 5.91 Å². The molecule has 0 radical (unpaired) electrons. The molecule has 0 saturated carbocycles. The highest BCUT2D eigenvalue weighted by Gasteiger charge is 2.11. The number of halogens is 2. The van der Waals surface area contributed by atoms with Gasteiger partial charge < -0.3 is 26.2 Å². The molecule has 36 heavy (non-hydrogen) atoms. The minimum Gasteiger partial charge on any atom is -0.487 e. The molecule has 1 heterocycles. The molecule has 0 aliphatic heterocycles. The third-order valence-corrected chi connectivity index (χ3v) is 6.12. The monoisotopic (exact) mass is 531 g/mol. The van der Waals surface area contributed by atoms with E-state index in [-0.39, 0.29) is 18.3 Å². The molecule has 11 heteroatoms. The number of amides is 1. The SMILES string of the molecule is CC(/C=C/CSc1ncnc(Nc2ccc(OCc3cccc(F)c3)c(Cl)c2)c1N)CNC(=O)CO. The number of aromatic nitrogens is 2. The van der Waals surface area contributed by atoms with Crippen LogP contribution in [0.3, 0.4) is 0 Å². The lowest BCUT2D eigenvalue weighted by Gasteiger charge is -2.13. The van der Waals surface area contributed by atoms with Gasteiger partial charge in [-0.3, -0.25) is 4.79 Å². The largest absolute Gasteiger partial charge is 0.487 e. The van der Waals surface area contributed by atoms with Crippen LogP contribution in [-0.4, -0.2) is 39.9 Å². The van der Waals surface area contributed by atoms with E-state index in [1.807, 2.05) is 19.1 Å². The van der Waals surface area contributed by atoms with Crippen molar-refractivity contribution in [2.24, 2.45) is 5.92 Å². The second-order valence-electron chi connectivity index (χ2n) is 7.81. The number of carbonyl (C=O) groups excluding carboxylic acids is 1. The van der Waals surface area contributed by atoms with Gasteiger partial charge in [-0.1, -0.05) is 42.8 Å². The van der Waals surface area contributed by atoms with Gasteiger partial charge in [0.15, 0.2) is 5.82 Å². The highest BCUT2D eigenvalue weighted by Crippen LogP contribution is 2.33. The zero-order valence-corrected chi connectivity index (χ0v) is 21.2. The lowest BCUT2D eigenvalue weighted by atomic mass is 10.1. The Balaban J connectivity index is 1.55. The van der Waals surface area contributed by atoms with Gasteiger partial charge in [-0.2, -0.15) is 0 Å². The number of carbonyl (C=O) groups is 1. The Bertz CT molecular complexity index is 1210. The van der Waals surface area contributed by atoms with Gasteiger partial charge in [0.05, 0.1) is 5.02 Å². The van der Waals surface area contributed by atoms with Crippen molar-refractivity contribution >= 4 is 46.5 Å². The number of aliphatic hydroxyl groups is 1. The number of nitrogens with zero attached hydrogens (tertiary/aromatic N) is 2. The predicted molar refractivity (Wildman–Crippen MR) is 141 cm³/mol. The first kappa shape index (κ1) is 27.3. The smallest absolute Gasteiger partial charge is 0.245 e. The highest BCUT2D eigenvalue weighted by molar-refractivity contribution is 7.99. The molecule has 1 aromatic heterocycles. The van der Waals surface area contributed by atoms with E-state index in [9.17, 15) is 9.18 Å². The van der Waals surface area contributed by atoms with Crippen LogP contribution in [0.5, 0.6) is 5.75 Å². The molecule has 8 nitrogen and oxygen atoms in total. The summed E-state index contributed by atoms with van der Waals surface area (Å²) in [6.07, 6.45) is 5.37. The van der Waals surface area contributed by atoms with Gasteiger partial charge in [0, 0.05) is 18.0 Å². The van der Waals surface area contributed by atoms with E-state index in [1.165, 1.54) is 30.2 Å². The van der Waals surface area contributed by atoms with Crippen molar-refractivity contribution in [3.8, 4) is 5.75 Å². The number of nitrogens with one attached hydrogen (secondary N) is 2. The van der Waals surface area contributed by atoms with E-state index in [1.54, 1.807) is 30.3 Å². The molecule has 0 fully saturated rings. The Morgan fingerprint density at radius 1 is 1.31 bits per heavy atom. The van der Waals surface area contributed by atoms with Gasteiger partial charge in [0.1, 0.15) is 41.8 Å². The van der Waals surface area contributed by atoms with Crippen LogP contribution in [0.25, 0.3) is 0 Å². The van der Waals surface area contributed by atoms with Gasteiger partial charge in [-0.15, -0.1) is 11.8 Å². The average molecular weight is 532 g/mol. The minimum atomic E-state index is -0.518. The normalized spacial score (nSPS) is 11.9. The van der Waals surface area contributed by atoms with Crippen molar-refractivity contribution in [3.63, 3.8) is 0 Å². The number of ether oxygens (including phenoxy) is 1. The van der Waals surface area contributed by atoms with Gasteiger partial charge in [0.25, 0.3) is 0 Å². The number of benzene rings is 2. The fourth-order valence-corrected chi connectivity index (χ4v) is 4.00. The quantitative estimate of drug-likeness (QED) is 0.152. The second-order valence-corrected chi connectivity index (χ2v) is 9.22. The molecule has 1 atom stereocenters. The summed E-state index contributed by atoms with van der Waals surface area (Å²) in [7, 11) is 0. The topological polar surface area (TPSA) is 122 Å². The minimum absolute atomic E-state index is 0.117. The Labute approximate surface area is 218 Å². The molecule has 2 aromatic carbocycles. The molecule has 190 valence electrons.